The summed E-state index contributed by atoms with van der Waals surface area (Å²) in [5.41, 5.74) is 1.66. The van der Waals surface area contributed by atoms with Crippen molar-refractivity contribution in [3.8, 4) is 0 Å². The molecule has 8 heteroatoms. The molecule has 1 aromatic heterocycles. The molecule has 162 valence electrons. The van der Waals surface area contributed by atoms with Crippen LogP contribution in [-0.2, 0) is 9.59 Å². The summed E-state index contributed by atoms with van der Waals surface area (Å²) < 4.78 is 5.91. The molecule has 0 bridgehead atoms. The van der Waals surface area contributed by atoms with Crippen LogP contribution < -0.4 is 10.2 Å². The number of likely N-dealkylation sites (N-methyl/N-ethyl adjacent to an activating group) is 1. The third kappa shape index (κ3) is 4.59. The standard InChI is InChI=1S/C22H31N5O3/c1-16(28)23-15-18-9-8-17(25(18)2)14-21(29)26-10-5-11-27(13-12-26)22-24-19-6-3-4-7-20(19)30-22/h3-4,6-7,17-18H,5,8-15H2,1-2H3,(H,23,28)/t17-,18+/m0/s1. The average Bonchev–Trinajstić information content (AvgIpc) is 3.21. The Kier molecular flexibility index (Phi) is 6.22. The summed E-state index contributed by atoms with van der Waals surface area (Å²) in [7, 11) is 2.06. The van der Waals surface area contributed by atoms with Crippen LogP contribution in [0.4, 0.5) is 6.01 Å². The lowest BCUT2D eigenvalue weighted by molar-refractivity contribution is -0.132. The van der Waals surface area contributed by atoms with E-state index in [1.807, 2.05) is 29.2 Å². The minimum Gasteiger partial charge on any atom is -0.423 e. The Morgan fingerprint density at radius 2 is 1.93 bits per heavy atom. The van der Waals surface area contributed by atoms with Gasteiger partial charge in [-0.3, -0.25) is 14.5 Å². The second-order valence-electron chi connectivity index (χ2n) is 8.38. The average molecular weight is 414 g/mol. The maximum absolute atomic E-state index is 13.0. The molecule has 2 saturated heterocycles. The number of hydrogen-bond donors (Lipinski definition) is 1. The number of para-hydroxylation sites is 2. The monoisotopic (exact) mass is 413 g/mol. The highest BCUT2D eigenvalue weighted by Crippen LogP contribution is 2.26. The molecule has 0 spiro atoms. The van der Waals surface area contributed by atoms with Crippen molar-refractivity contribution in [1.82, 2.24) is 20.1 Å². The van der Waals surface area contributed by atoms with E-state index < -0.39 is 0 Å². The fourth-order valence-electron chi connectivity index (χ4n) is 4.53. The molecule has 4 rings (SSSR count). The molecular formula is C22H31N5O3. The van der Waals surface area contributed by atoms with Crippen molar-refractivity contribution in [1.29, 1.82) is 0 Å². The van der Waals surface area contributed by atoms with E-state index in [4.69, 9.17) is 4.42 Å². The van der Waals surface area contributed by atoms with Crippen LogP contribution >= 0.6 is 0 Å². The van der Waals surface area contributed by atoms with E-state index in [2.05, 4.69) is 27.1 Å². The molecule has 2 fully saturated rings. The molecule has 2 aliphatic heterocycles. The molecule has 2 atom stereocenters. The molecule has 8 nitrogen and oxygen atoms in total. The van der Waals surface area contributed by atoms with Crippen LogP contribution in [0, 0.1) is 0 Å². The second-order valence-corrected chi connectivity index (χ2v) is 8.38. The lowest BCUT2D eigenvalue weighted by atomic mass is 10.1. The number of benzene rings is 1. The van der Waals surface area contributed by atoms with Gasteiger partial charge in [-0.05, 0) is 38.4 Å². The van der Waals surface area contributed by atoms with Gasteiger partial charge in [0.1, 0.15) is 5.52 Å². The van der Waals surface area contributed by atoms with Crippen molar-refractivity contribution in [2.75, 3.05) is 44.7 Å². The number of likely N-dealkylation sites (tertiary alicyclic amines) is 1. The largest absolute Gasteiger partial charge is 0.423 e. The van der Waals surface area contributed by atoms with Crippen LogP contribution in [0.5, 0.6) is 0 Å². The summed E-state index contributed by atoms with van der Waals surface area (Å²) in [4.78, 5) is 35.1. The maximum Gasteiger partial charge on any atom is 0.298 e. The Balaban J connectivity index is 1.31. The number of rotatable bonds is 5. The molecule has 30 heavy (non-hydrogen) atoms. The molecule has 0 radical (unpaired) electrons. The van der Waals surface area contributed by atoms with Crippen molar-refractivity contribution < 1.29 is 14.0 Å². The summed E-state index contributed by atoms with van der Waals surface area (Å²) in [6, 6.07) is 8.98. The fraction of sp³-hybridized carbons (Fsp3) is 0.591. The zero-order chi connectivity index (χ0) is 21.1. The zero-order valence-electron chi connectivity index (χ0n) is 17.8. The lowest BCUT2D eigenvalue weighted by Crippen LogP contribution is -2.43. The highest BCUT2D eigenvalue weighted by atomic mass is 16.4. The van der Waals surface area contributed by atoms with Crippen molar-refractivity contribution in [2.45, 2.75) is 44.7 Å². The number of nitrogens with zero attached hydrogens (tertiary/aromatic N) is 4. The quantitative estimate of drug-likeness (QED) is 0.806. The first kappa shape index (κ1) is 20.7. The normalized spacial score (nSPS) is 23.0. The van der Waals surface area contributed by atoms with Crippen molar-refractivity contribution in [2.24, 2.45) is 0 Å². The molecule has 1 N–H and O–H groups in total. The summed E-state index contributed by atoms with van der Waals surface area (Å²) in [5, 5.41) is 2.90. The molecule has 0 aliphatic carbocycles. The van der Waals surface area contributed by atoms with Gasteiger partial charge in [0, 0.05) is 58.2 Å². The number of oxazole rings is 1. The zero-order valence-corrected chi connectivity index (χ0v) is 17.8. The Morgan fingerprint density at radius 1 is 1.13 bits per heavy atom. The van der Waals surface area contributed by atoms with Gasteiger partial charge in [-0.15, -0.1) is 0 Å². The van der Waals surface area contributed by atoms with Gasteiger partial charge in [0.25, 0.3) is 6.01 Å². The van der Waals surface area contributed by atoms with Crippen molar-refractivity contribution in [3.63, 3.8) is 0 Å². The maximum atomic E-state index is 13.0. The van der Waals surface area contributed by atoms with Gasteiger partial charge in [0.2, 0.25) is 11.8 Å². The Labute approximate surface area is 177 Å². The first-order chi connectivity index (χ1) is 14.5. The third-order valence-electron chi connectivity index (χ3n) is 6.38. The van der Waals surface area contributed by atoms with Crippen LogP contribution in [0.3, 0.4) is 0 Å². The molecule has 2 aliphatic rings. The summed E-state index contributed by atoms with van der Waals surface area (Å²) >= 11 is 0. The molecule has 0 unspecified atom stereocenters. The van der Waals surface area contributed by atoms with Gasteiger partial charge in [-0.25, -0.2) is 0 Å². The van der Waals surface area contributed by atoms with Crippen LogP contribution in [0.25, 0.3) is 11.1 Å². The SMILES string of the molecule is CC(=O)NC[C@H]1CC[C@@H](CC(=O)N2CCCN(c3nc4ccccc4o3)CC2)N1C. The fourth-order valence-corrected chi connectivity index (χ4v) is 4.53. The minimum atomic E-state index is -0.00371. The highest BCUT2D eigenvalue weighted by molar-refractivity contribution is 5.77. The summed E-state index contributed by atoms with van der Waals surface area (Å²) in [5.74, 6) is 0.211. The van der Waals surface area contributed by atoms with E-state index >= 15 is 0 Å². The number of carbonyl (C=O) groups excluding carboxylic acids is 2. The second kappa shape index (κ2) is 9.04. The van der Waals surface area contributed by atoms with E-state index in [1.54, 1.807) is 6.92 Å². The number of aromatic nitrogens is 1. The molecule has 0 saturated carbocycles. The topological polar surface area (TPSA) is 81.9 Å². The predicted octanol–water partition coefficient (Wildman–Crippen LogP) is 1.86. The van der Waals surface area contributed by atoms with Gasteiger partial charge in [-0.2, -0.15) is 4.98 Å². The van der Waals surface area contributed by atoms with Crippen molar-refractivity contribution in [3.05, 3.63) is 24.3 Å². The summed E-state index contributed by atoms with van der Waals surface area (Å²) in [6.07, 6.45) is 3.45. The molecule has 2 amide bonds. The smallest absolute Gasteiger partial charge is 0.298 e. The predicted molar refractivity (Wildman–Crippen MR) is 115 cm³/mol. The Morgan fingerprint density at radius 3 is 2.73 bits per heavy atom. The van der Waals surface area contributed by atoms with E-state index in [9.17, 15) is 9.59 Å². The molecule has 2 aromatic rings. The first-order valence-electron chi connectivity index (χ1n) is 10.9. The minimum absolute atomic E-state index is 0.00371. The number of anilines is 1. The van der Waals surface area contributed by atoms with E-state index in [1.165, 1.54) is 0 Å². The molecule has 1 aromatic carbocycles. The number of nitrogens with one attached hydrogen (secondary N) is 1. The van der Waals surface area contributed by atoms with Gasteiger partial charge in [0.05, 0.1) is 0 Å². The van der Waals surface area contributed by atoms with Crippen LogP contribution in [0.2, 0.25) is 0 Å². The number of carbonyl (C=O) groups is 2. The van der Waals surface area contributed by atoms with Gasteiger partial charge in [0.15, 0.2) is 5.58 Å². The molecular weight excluding hydrogens is 382 g/mol. The van der Waals surface area contributed by atoms with Crippen LogP contribution in [-0.4, -0.2) is 78.5 Å². The highest BCUT2D eigenvalue weighted by Gasteiger charge is 2.33. The number of fused-ring (bicyclic) bond motifs is 1. The molecule has 3 heterocycles. The number of amides is 2. The van der Waals surface area contributed by atoms with Gasteiger partial charge in [-0.1, -0.05) is 12.1 Å². The van der Waals surface area contributed by atoms with E-state index in [-0.39, 0.29) is 17.9 Å². The summed E-state index contributed by atoms with van der Waals surface area (Å²) in [6.45, 7) is 5.20. The van der Waals surface area contributed by atoms with E-state index in [0.717, 1.165) is 50.0 Å². The lowest BCUT2D eigenvalue weighted by Gasteiger charge is -2.28. The Bertz CT molecular complexity index is 865. The van der Waals surface area contributed by atoms with Crippen LogP contribution in [0.1, 0.15) is 32.6 Å². The van der Waals surface area contributed by atoms with Crippen molar-refractivity contribution >= 4 is 28.9 Å². The van der Waals surface area contributed by atoms with Gasteiger partial charge >= 0.3 is 0 Å². The van der Waals surface area contributed by atoms with Gasteiger partial charge < -0.3 is 19.5 Å². The number of hydrogen-bond acceptors (Lipinski definition) is 6. The first-order valence-corrected chi connectivity index (χ1v) is 10.9. The van der Waals surface area contributed by atoms with E-state index in [0.29, 0.717) is 31.6 Å². The Hall–Kier alpha value is -2.61. The van der Waals surface area contributed by atoms with Crippen LogP contribution in [0.15, 0.2) is 28.7 Å². The third-order valence-corrected chi connectivity index (χ3v) is 6.38.